The highest BCUT2D eigenvalue weighted by Gasteiger charge is 2.16. The maximum Gasteiger partial charge on any atom is 0.255 e. The molecule has 3 aromatic carbocycles. The van der Waals surface area contributed by atoms with E-state index in [1.165, 1.54) is 0 Å². The molecule has 0 aliphatic rings. The van der Waals surface area contributed by atoms with Crippen molar-refractivity contribution in [3.05, 3.63) is 78.4 Å². The summed E-state index contributed by atoms with van der Waals surface area (Å²) >= 11 is 0. The number of hydrogen-bond donors (Lipinski definition) is 1. The fourth-order valence-corrected chi connectivity index (χ4v) is 2.77. The topological polar surface area (TPSA) is 64.4 Å². The van der Waals surface area contributed by atoms with Gasteiger partial charge in [-0.2, -0.15) is 0 Å². The van der Waals surface area contributed by atoms with Gasteiger partial charge in [0.05, 0.1) is 18.4 Å². The lowest BCUT2D eigenvalue weighted by Crippen LogP contribution is -2.12. The molecule has 0 aliphatic heterocycles. The van der Waals surface area contributed by atoms with Gasteiger partial charge < -0.3 is 14.5 Å². The molecular weight excluding hydrogens is 328 g/mol. The molecular formula is C21H16N2O3. The molecule has 4 rings (SSSR count). The van der Waals surface area contributed by atoms with E-state index in [2.05, 4.69) is 10.3 Å². The first-order chi connectivity index (χ1) is 12.8. The molecule has 1 aromatic heterocycles. The summed E-state index contributed by atoms with van der Waals surface area (Å²) in [5, 5.41) is 2.93. The monoisotopic (exact) mass is 344 g/mol. The van der Waals surface area contributed by atoms with Gasteiger partial charge in [0.15, 0.2) is 11.1 Å². The number of rotatable bonds is 4. The van der Waals surface area contributed by atoms with Gasteiger partial charge in [-0.1, -0.05) is 36.4 Å². The standard InChI is InChI=1S/C21H16N2O3/c1-25-17-12-7-13-18-19(17)23-21(26-18)15-10-5-6-11-16(15)22-20(24)14-8-3-2-4-9-14/h2-13H,1H3,(H,22,24). The number of nitrogens with zero attached hydrogens (tertiary/aromatic N) is 1. The van der Waals surface area contributed by atoms with E-state index in [0.717, 1.165) is 0 Å². The number of amides is 1. The molecule has 0 saturated heterocycles. The Labute approximate surface area is 150 Å². The van der Waals surface area contributed by atoms with Gasteiger partial charge >= 0.3 is 0 Å². The van der Waals surface area contributed by atoms with Gasteiger partial charge in [0, 0.05) is 5.56 Å². The molecule has 1 heterocycles. The summed E-state index contributed by atoms with van der Waals surface area (Å²) in [5.41, 5.74) is 3.20. The van der Waals surface area contributed by atoms with Crippen LogP contribution in [0.2, 0.25) is 0 Å². The van der Waals surface area contributed by atoms with Crippen molar-refractivity contribution in [1.82, 2.24) is 4.98 Å². The van der Waals surface area contributed by atoms with E-state index in [0.29, 0.717) is 39.6 Å². The molecule has 0 fully saturated rings. The molecule has 0 spiro atoms. The zero-order valence-electron chi connectivity index (χ0n) is 14.1. The van der Waals surface area contributed by atoms with Crippen LogP contribution in [0.3, 0.4) is 0 Å². The van der Waals surface area contributed by atoms with Crippen LogP contribution in [-0.2, 0) is 0 Å². The SMILES string of the molecule is COc1cccc2oc(-c3ccccc3NC(=O)c3ccccc3)nc12. The Morgan fingerprint density at radius 2 is 1.73 bits per heavy atom. The molecule has 26 heavy (non-hydrogen) atoms. The third kappa shape index (κ3) is 2.91. The number of nitrogens with one attached hydrogen (secondary N) is 1. The second-order valence-corrected chi connectivity index (χ2v) is 5.69. The highest BCUT2D eigenvalue weighted by atomic mass is 16.5. The first kappa shape index (κ1) is 15.9. The van der Waals surface area contributed by atoms with Crippen LogP contribution < -0.4 is 10.1 Å². The Hall–Kier alpha value is -3.60. The number of carbonyl (C=O) groups is 1. The number of oxazole rings is 1. The highest BCUT2D eigenvalue weighted by molar-refractivity contribution is 6.06. The lowest BCUT2D eigenvalue weighted by molar-refractivity contribution is 0.102. The average molecular weight is 344 g/mol. The molecule has 0 unspecified atom stereocenters. The normalized spacial score (nSPS) is 10.7. The molecule has 0 bridgehead atoms. The summed E-state index contributed by atoms with van der Waals surface area (Å²) < 4.78 is 11.2. The van der Waals surface area contributed by atoms with E-state index in [9.17, 15) is 4.79 Å². The number of carbonyl (C=O) groups excluding carboxylic acids is 1. The van der Waals surface area contributed by atoms with Crippen molar-refractivity contribution < 1.29 is 13.9 Å². The summed E-state index contributed by atoms with van der Waals surface area (Å²) in [4.78, 5) is 17.0. The number of anilines is 1. The van der Waals surface area contributed by atoms with Crippen LogP contribution in [0.15, 0.2) is 77.2 Å². The zero-order chi connectivity index (χ0) is 17.9. The quantitative estimate of drug-likeness (QED) is 0.580. The molecule has 128 valence electrons. The Morgan fingerprint density at radius 1 is 0.962 bits per heavy atom. The predicted molar refractivity (Wildman–Crippen MR) is 100 cm³/mol. The van der Waals surface area contributed by atoms with Crippen molar-refractivity contribution in [3.63, 3.8) is 0 Å². The van der Waals surface area contributed by atoms with Crippen LogP contribution in [0.5, 0.6) is 5.75 Å². The molecule has 0 radical (unpaired) electrons. The molecule has 0 saturated carbocycles. The van der Waals surface area contributed by atoms with Crippen molar-refractivity contribution in [3.8, 4) is 17.2 Å². The maximum atomic E-state index is 12.5. The summed E-state index contributed by atoms with van der Waals surface area (Å²) in [7, 11) is 1.59. The van der Waals surface area contributed by atoms with Gasteiger partial charge in [-0.05, 0) is 36.4 Å². The second-order valence-electron chi connectivity index (χ2n) is 5.69. The minimum atomic E-state index is -0.188. The number of aromatic nitrogens is 1. The third-order valence-corrected chi connectivity index (χ3v) is 4.04. The minimum Gasteiger partial charge on any atom is -0.494 e. The number of hydrogen-bond acceptors (Lipinski definition) is 4. The lowest BCUT2D eigenvalue weighted by atomic mass is 10.1. The Kier molecular flexibility index (Phi) is 4.11. The number of benzene rings is 3. The van der Waals surface area contributed by atoms with Gasteiger partial charge in [-0.25, -0.2) is 4.98 Å². The van der Waals surface area contributed by atoms with Crippen molar-refractivity contribution in [2.45, 2.75) is 0 Å². The van der Waals surface area contributed by atoms with E-state index < -0.39 is 0 Å². The Bertz CT molecular complexity index is 1070. The van der Waals surface area contributed by atoms with Crippen LogP contribution in [-0.4, -0.2) is 18.0 Å². The van der Waals surface area contributed by atoms with Crippen molar-refractivity contribution in [2.24, 2.45) is 0 Å². The van der Waals surface area contributed by atoms with Gasteiger partial charge in [0.25, 0.3) is 5.91 Å². The van der Waals surface area contributed by atoms with E-state index in [1.54, 1.807) is 19.2 Å². The van der Waals surface area contributed by atoms with Gasteiger partial charge in [0.2, 0.25) is 5.89 Å². The predicted octanol–water partition coefficient (Wildman–Crippen LogP) is 4.76. The largest absolute Gasteiger partial charge is 0.494 e. The second kappa shape index (κ2) is 6.72. The van der Waals surface area contributed by atoms with Gasteiger partial charge in [-0.15, -0.1) is 0 Å². The van der Waals surface area contributed by atoms with E-state index in [1.807, 2.05) is 60.7 Å². The molecule has 0 aliphatic carbocycles. The molecule has 1 N–H and O–H groups in total. The Morgan fingerprint density at radius 3 is 2.54 bits per heavy atom. The highest BCUT2D eigenvalue weighted by Crippen LogP contribution is 2.33. The number of para-hydroxylation sites is 2. The maximum absolute atomic E-state index is 12.5. The summed E-state index contributed by atoms with van der Waals surface area (Å²) in [6, 6.07) is 22.0. The van der Waals surface area contributed by atoms with Crippen molar-refractivity contribution in [1.29, 1.82) is 0 Å². The summed E-state index contributed by atoms with van der Waals surface area (Å²) in [6.07, 6.45) is 0. The van der Waals surface area contributed by atoms with Gasteiger partial charge in [-0.3, -0.25) is 4.79 Å². The molecule has 4 aromatic rings. The molecule has 0 atom stereocenters. The number of methoxy groups -OCH3 is 1. The lowest BCUT2D eigenvalue weighted by Gasteiger charge is -2.08. The van der Waals surface area contributed by atoms with E-state index in [-0.39, 0.29) is 5.91 Å². The Balaban J connectivity index is 1.73. The molecule has 5 nitrogen and oxygen atoms in total. The molecule has 5 heteroatoms. The number of fused-ring (bicyclic) bond motifs is 1. The minimum absolute atomic E-state index is 0.188. The van der Waals surface area contributed by atoms with Crippen LogP contribution in [0.4, 0.5) is 5.69 Å². The van der Waals surface area contributed by atoms with Gasteiger partial charge in [0.1, 0.15) is 5.75 Å². The van der Waals surface area contributed by atoms with E-state index in [4.69, 9.17) is 9.15 Å². The van der Waals surface area contributed by atoms with E-state index >= 15 is 0 Å². The van der Waals surface area contributed by atoms with Crippen LogP contribution in [0.25, 0.3) is 22.6 Å². The smallest absolute Gasteiger partial charge is 0.255 e. The first-order valence-corrected chi connectivity index (χ1v) is 8.15. The number of ether oxygens (including phenoxy) is 1. The summed E-state index contributed by atoms with van der Waals surface area (Å²) in [5.74, 6) is 0.878. The van der Waals surface area contributed by atoms with Crippen LogP contribution in [0.1, 0.15) is 10.4 Å². The average Bonchev–Trinajstić information content (AvgIpc) is 3.13. The first-order valence-electron chi connectivity index (χ1n) is 8.15. The third-order valence-electron chi connectivity index (χ3n) is 4.04. The van der Waals surface area contributed by atoms with Crippen molar-refractivity contribution >= 4 is 22.7 Å². The summed E-state index contributed by atoms with van der Waals surface area (Å²) in [6.45, 7) is 0. The molecule has 1 amide bonds. The van der Waals surface area contributed by atoms with Crippen LogP contribution in [0, 0.1) is 0 Å². The fraction of sp³-hybridized carbons (Fsp3) is 0.0476. The zero-order valence-corrected chi connectivity index (χ0v) is 14.1. The van der Waals surface area contributed by atoms with Crippen molar-refractivity contribution in [2.75, 3.05) is 12.4 Å². The fourth-order valence-electron chi connectivity index (χ4n) is 2.77. The van der Waals surface area contributed by atoms with Crippen LogP contribution >= 0.6 is 0 Å².